The molecule has 18 heavy (non-hydrogen) atoms. The van der Waals surface area contributed by atoms with Crippen LogP contribution in [0.3, 0.4) is 0 Å². The van der Waals surface area contributed by atoms with E-state index in [0.29, 0.717) is 17.5 Å². The first kappa shape index (κ1) is 15.8. The van der Waals surface area contributed by atoms with E-state index >= 15 is 0 Å². The molecule has 0 radical (unpaired) electrons. The molecule has 2 N–H and O–H groups in total. The molecule has 1 aromatic rings. The second-order valence-electron chi connectivity index (χ2n) is 4.87. The average molecular weight is 289 g/mol. The summed E-state index contributed by atoms with van der Waals surface area (Å²) in [6.07, 6.45) is 1.16. The van der Waals surface area contributed by atoms with Crippen molar-refractivity contribution in [1.29, 1.82) is 0 Å². The minimum absolute atomic E-state index is 0.116. The third-order valence-corrected chi connectivity index (χ3v) is 3.95. The lowest BCUT2D eigenvalue weighted by Gasteiger charge is -2.30. The Bertz CT molecular complexity index is 382. The third kappa shape index (κ3) is 4.13. The summed E-state index contributed by atoms with van der Waals surface area (Å²) in [5, 5.41) is 1.43. The highest BCUT2D eigenvalue weighted by Gasteiger charge is 2.19. The van der Waals surface area contributed by atoms with Gasteiger partial charge in [0.1, 0.15) is 0 Å². The number of halogens is 2. The van der Waals surface area contributed by atoms with E-state index in [1.807, 2.05) is 12.1 Å². The molecule has 0 amide bonds. The molecule has 0 spiro atoms. The number of hydrogen-bond donors (Lipinski definition) is 1. The number of rotatable bonds is 6. The Hall–Kier alpha value is -0.280. The highest BCUT2D eigenvalue weighted by Crippen LogP contribution is 2.29. The Morgan fingerprint density at radius 3 is 2.56 bits per heavy atom. The molecular weight excluding hydrogens is 267 g/mol. The minimum Gasteiger partial charge on any atom is -0.329 e. The van der Waals surface area contributed by atoms with Gasteiger partial charge in [0, 0.05) is 29.2 Å². The number of likely N-dealkylation sites (N-methyl/N-ethyl adjacent to an activating group) is 1. The van der Waals surface area contributed by atoms with Crippen molar-refractivity contribution in [3.05, 3.63) is 33.8 Å². The molecule has 1 aromatic carbocycles. The van der Waals surface area contributed by atoms with Crippen molar-refractivity contribution in [2.45, 2.75) is 26.3 Å². The second kappa shape index (κ2) is 7.34. The number of benzene rings is 1. The van der Waals surface area contributed by atoms with E-state index in [2.05, 4.69) is 25.8 Å². The molecule has 0 aliphatic carbocycles. The van der Waals surface area contributed by atoms with Crippen LogP contribution in [0.4, 0.5) is 0 Å². The van der Waals surface area contributed by atoms with Crippen LogP contribution in [0, 0.1) is 5.92 Å². The van der Waals surface area contributed by atoms with Crippen molar-refractivity contribution >= 4 is 23.2 Å². The fraction of sp³-hybridized carbons (Fsp3) is 0.571. The predicted octanol–water partition coefficient (Wildman–Crippen LogP) is 3.97. The molecule has 0 saturated heterocycles. The van der Waals surface area contributed by atoms with Crippen LogP contribution in [0.1, 0.15) is 31.9 Å². The van der Waals surface area contributed by atoms with Crippen molar-refractivity contribution in [3.63, 3.8) is 0 Å². The fourth-order valence-electron chi connectivity index (χ4n) is 2.06. The van der Waals surface area contributed by atoms with E-state index in [4.69, 9.17) is 28.9 Å². The van der Waals surface area contributed by atoms with Crippen LogP contribution in [0.15, 0.2) is 18.2 Å². The summed E-state index contributed by atoms with van der Waals surface area (Å²) < 4.78 is 0. The van der Waals surface area contributed by atoms with Crippen LogP contribution < -0.4 is 5.73 Å². The summed E-state index contributed by atoms with van der Waals surface area (Å²) in [5.74, 6) is 0.641. The molecule has 0 saturated carbocycles. The van der Waals surface area contributed by atoms with Gasteiger partial charge in [-0.1, -0.05) is 43.5 Å². The van der Waals surface area contributed by atoms with Gasteiger partial charge in [-0.2, -0.15) is 0 Å². The highest BCUT2D eigenvalue weighted by molar-refractivity contribution is 6.33. The van der Waals surface area contributed by atoms with Crippen LogP contribution in [0.25, 0.3) is 0 Å². The molecule has 0 aliphatic heterocycles. The maximum Gasteiger partial charge on any atom is 0.0482 e. The van der Waals surface area contributed by atoms with Gasteiger partial charge in [0.15, 0.2) is 0 Å². The highest BCUT2D eigenvalue weighted by atomic mass is 35.5. The molecule has 2 unspecified atom stereocenters. The Morgan fingerprint density at radius 2 is 2.00 bits per heavy atom. The average Bonchev–Trinajstić information content (AvgIpc) is 2.34. The standard InChI is InChI=1S/C14H22Cl2N2/c1-4-10(2)9-18(3)14(8-17)12-7-11(15)5-6-13(12)16/h5-7,10,14H,4,8-9,17H2,1-3H3. The van der Waals surface area contributed by atoms with Crippen LogP contribution in [0.5, 0.6) is 0 Å². The minimum atomic E-state index is 0.116. The van der Waals surface area contributed by atoms with Crippen LogP contribution in [-0.4, -0.2) is 25.0 Å². The van der Waals surface area contributed by atoms with E-state index in [1.54, 1.807) is 6.07 Å². The number of hydrogen-bond acceptors (Lipinski definition) is 2. The largest absolute Gasteiger partial charge is 0.329 e. The lowest BCUT2D eigenvalue weighted by Crippen LogP contribution is -2.33. The Morgan fingerprint density at radius 1 is 1.33 bits per heavy atom. The van der Waals surface area contributed by atoms with Crippen molar-refractivity contribution in [2.24, 2.45) is 11.7 Å². The first-order chi connectivity index (χ1) is 8.49. The first-order valence-electron chi connectivity index (χ1n) is 6.34. The molecule has 0 aliphatic rings. The normalized spacial score (nSPS) is 14.8. The molecule has 102 valence electrons. The second-order valence-corrected chi connectivity index (χ2v) is 5.71. The third-order valence-electron chi connectivity index (χ3n) is 3.37. The lowest BCUT2D eigenvalue weighted by molar-refractivity contribution is 0.215. The summed E-state index contributed by atoms with van der Waals surface area (Å²) in [4.78, 5) is 2.26. The van der Waals surface area contributed by atoms with E-state index in [9.17, 15) is 0 Å². The zero-order valence-corrected chi connectivity index (χ0v) is 12.8. The molecule has 0 bridgehead atoms. The van der Waals surface area contributed by atoms with Gasteiger partial charge in [-0.05, 0) is 36.7 Å². The molecule has 2 nitrogen and oxygen atoms in total. The Kier molecular flexibility index (Phi) is 6.44. The molecule has 0 aromatic heterocycles. The van der Waals surface area contributed by atoms with E-state index < -0.39 is 0 Å². The van der Waals surface area contributed by atoms with Gasteiger partial charge in [-0.25, -0.2) is 0 Å². The van der Waals surface area contributed by atoms with Gasteiger partial charge in [-0.3, -0.25) is 4.90 Å². The Labute approximate surface area is 120 Å². The molecule has 1 rings (SSSR count). The van der Waals surface area contributed by atoms with Gasteiger partial charge in [0.25, 0.3) is 0 Å². The zero-order chi connectivity index (χ0) is 13.7. The summed E-state index contributed by atoms with van der Waals surface area (Å²) in [6, 6.07) is 5.66. The van der Waals surface area contributed by atoms with Crippen LogP contribution in [-0.2, 0) is 0 Å². The monoisotopic (exact) mass is 288 g/mol. The zero-order valence-electron chi connectivity index (χ0n) is 11.3. The quantitative estimate of drug-likeness (QED) is 0.858. The SMILES string of the molecule is CCC(C)CN(C)C(CN)c1cc(Cl)ccc1Cl. The summed E-state index contributed by atoms with van der Waals surface area (Å²) in [7, 11) is 2.08. The smallest absolute Gasteiger partial charge is 0.0482 e. The van der Waals surface area contributed by atoms with Gasteiger partial charge >= 0.3 is 0 Å². The molecular formula is C14H22Cl2N2. The topological polar surface area (TPSA) is 29.3 Å². The van der Waals surface area contributed by atoms with Crippen molar-refractivity contribution in [1.82, 2.24) is 4.90 Å². The molecule has 2 atom stereocenters. The number of nitrogens with zero attached hydrogens (tertiary/aromatic N) is 1. The van der Waals surface area contributed by atoms with E-state index in [0.717, 1.165) is 23.6 Å². The van der Waals surface area contributed by atoms with Crippen LogP contribution in [0.2, 0.25) is 10.0 Å². The van der Waals surface area contributed by atoms with Gasteiger partial charge < -0.3 is 5.73 Å². The van der Waals surface area contributed by atoms with Crippen molar-refractivity contribution < 1.29 is 0 Å². The van der Waals surface area contributed by atoms with Crippen molar-refractivity contribution in [2.75, 3.05) is 20.1 Å². The van der Waals surface area contributed by atoms with Gasteiger partial charge in [-0.15, -0.1) is 0 Å². The molecule has 4 heteroatoms. The summed E-state index contributed by atoms with van der Waals surface area (Å²) >= 11 is 12.3. The van der Waals surface area contributed by atoms with E-state index in [-0.39, 0.29) is 6.04 Å². The Balaban J connectivity index is 2.91. The summed E-state index contributed by atoms with van der Waals surface area (Å²) in [6.45, 7) is 5.97. The summed E-state index contributed by atoms with van der Waals surface area (Å²) in [5.41, 5.74) is 6.91. The van der Waals surface area contributed by atoms with Gasteiger partial charge in [0.05, 0.1) is 0 Å². The van der Waals surface area contributed by atoms with Crippen LogP contribution >= 0.6 is 23.2 Å². The van der Waals surface area contributed by atoms with E-state index in [1.165, 1.54) is 0 Å². The fourth-order valence-corrected chi connectivity index (χ4v) is 2.49. The van der Waals surface area contributed by atoms with Crippen molar-refractivity contribution in [3.8, 4) is 0 Å². The molecule has 0 fully saturated rings. The maximum absolute atomic E-state index is 6.24. The molecule has 0 heterocycles. The first-order valence-corrected chi connectivity index (χ1v) is 7.10. The number of nitrogens with two attached hydrogens (primary N) is 1. The lowest BCUT2D eigenvalue weighted by atomic mass is 10.0. The maximum atomic E-state index is 6.24. The van der Waals surface area contributed by atoms with Gasteiger partial charge in [0.2, 0.25) is 0 Å². The predicted molar refractivity (Wildman–Crippen MR) is 80.3 cm³/mol.